The molecule has 0 spiro atoms. The van der Waals surface area contributed by atoms with Crippen LogP contribution in [0.2, 0.25) is 0 Å². The lowest BCUT2D eigenvalue weighted by Gasteiger charge is -2.49. The third-order valence-electron chi connectivity index (χ3n) is 25.7. The van der Waals surface area contributed by atoms with E-state index >= 15 is 0 Å². The van der Waals surface area contributed by atoms with Gasteiger partial charge in [-0.05, 0) is 248 Å². The fourth-order valence-corrected chi connectivity index (χ4v) is 15.2. The van der Waals surface area contributed by atoms with Gasteiger partial charge in [-0.2, -0.15) is 0 Å². The summed E-state index contributed by atoms with van der Waals surface area (Å²) in [5, 5.41) is 0. The van der Waals surface area contributed by atoms with E-state index in [1.54, 1.807) is 0 Å². The molecule has 4 heteroatoms. The van der Waals surface area contributed by atoms with Crippen molar-refractivity contribution in [2.24, 2.45) is 125 Å². The van der Waals surface area contributed by atoms with Crippen LogP contribution in [-0.4, -0.2) is 64.7 Å². The molecule has 94 heavy (non-hydrogen) atoms. The van der Waals surface area contributed by atoms with E-state index in [9.17, 15) is 0 Å². The zero-order chi connectivity index (χ0) is 71.9. The van der Waals surface area contributed by atoms with Crippen LogP contribution in [0.25, 0.3) is 0 Å². The highest BCUT2D eigenvalue weighted by Gasteiger charge is 2.42. The highest BCUT2D eigenvalue weighted by atomic mass is 16.5. The molecule has 0 N–H and O–H groups in total. The quantitative estimate of drug-likeness (QED) is 0.242. The fraction of sp³-hybridized carbons (Fsp3) is 1.00. The molecule has 566 valence electrons. The van der Waals surface area contributed by atoms with Crippen molar-refractivity contribution in [2.45, 2.75) is 396 Å². The number of rotatable bonds is 0. The maximum absolute atomic E-state index is 5.41. The van der Waals surface area contributed by atoms with E-state index in [2.05, 4.69) is 240 Å². The normalized spacial score (nSPS) is 26.7. The van der Waals surface area contributed by atoms with Crippen LogP contribution in [0.1, 0.15) is 396 Å². The Morgan fingerprint density at radius 1 is 0.277 bits per heavy atom. The van der Waals surface area contributed by atoms with Gasteiger partial charge in [0.1, 0.15) is 0 Å². The number of ether oxygens (including phenoxy) is 3. The standard InChI is InChI=1S/C11H22.C10H21N.C10H20.C9H18O.3C9H18.C8H16O.C7H14O.C7H14.CH4/c1-9-5-7-10(8-6-9)11(2,3)4;1-10(2,3)9-5-7-11(4)8-6-9;1-10(2,3)9-7-5-4-6-8-9;1-9(2,3)8-5-4-6-10-7-8;1-7-5-8(6-7)9(2,3)4;1-8(2,3)9(4)6-5-7-9;1-9(2,3)8-6-4-5-7-8;1-8(2,3)7-4-5-9-6-7;1-7(2,3)6-4-8-5-6;1-7(2,3)6-4-5-6;/h9-10H,5-8H2,1-4H3;9H,5-8H2,1-4H3;9H,4-8H2,1-3H3;8H,4-7H2,1-3H3;7-8H,5-6H2,1-4H3;5-7H2,1-4H3;8H,4-7H2,1-3H3;7H,4-6H2,1-3H3;6H,4-5H2,1-3H3;6H,4-5H2,1-3H3;1H4. The molecule has 6 saturated carbocycles. The average Bonchev–Trinajstić information content (AvgIpc) is 1.07. The second-order valence-corrected chi connectivity index (χ2v) is 44.1. The van der Waals surface area contributed by atoms with E-state index in [4.69, 9.17) is 14.2 Å². The van der Waals surface area contributed by atoms with Crippen molar-refractivity contribution < 1.29 is 14.2 Å². The van der Waals surface area contributed by atoms with Crippen LogP contribution in [-0.2, 0) is 14.2 Å². The molecule has 10 rings (SSSR count). The average molecular weight is 1330 g/mol. The zero-order valence-corrected chi connectivity index (χ0v) is 70.9. The molecule has 0 aromatic carbocycles. The van der Waals surface area contributed by atoms with E-state index in [0.29, 0.717) is 59.6 Å². The number of nitrogens with zero attached hydrogens (tertiary/aromatic N) is 1. The summed E-state index contributed by atoms with van der Waals surface area (Å²) in [6.07, 6.45) is 36.0. The Morgan fingerprint density at radius 2 is 0.564 bits per heavy atom. The first-order valence-electron chi connectivity index (χ1n) is 40.5. The van der Waals surface area contributed by atoms with Crippen LogP contribution in [0.4, 0.5) is 0 Å². The summed E-state index contributed by atoms with van der Waals surface area (Å²) in [6, 6.07) is 0. The van der Waals surface area contributed by atoms with Crippen molar-refractivity contribution in [1.29, 1.82) is 0 Å². The van der Waals surface area contributed by atoms with Gasteiger partial charge in [0.15, 0.2) is 0 Å². The Morgan fingerprint density at radius 3 is 0.745 bits per heavy atom. The first kappa shape index (κ1) is 93.8. The lowest BCUT2D eigenvalue weighted by Crippen LogP contribution is -2.38. The van der Waals surface area contributed by atoms with E-state index in [-0.39, 0.29) is 7.43 Å². The molecule has 6 aliphatic carbocycles. The van der Waals surface area contributed by atoms with Gasteiger partial charge in [-0.25, -0.2) is 0 Å². The minimum atomic E-state index is 0. The maximum Gasteiger partial charge on any atom is 0.0521 e. The number of hydrogen-bond donors (Lipinski definition) is 0. The fourth-order valence-electron chi connectivity index (χ4n) is 15.2. The third kappa shape index (κ3) is 39.9. The van der Waals surface area contributed by atoms with E-state index in [1.165, 1.54) is 174 Å². The van der Waals surface area contributed by atoms with Gasteiger partial charge in [-0.3, -0.25) is 0 Å². The number of likely N-dealkylation sites (tertiary alicyclic amines) is 1. The second-order valence-electron chi connectivity index (χ2n) is 44.1. The molecular weight excluding hydrogens is 1140 g/mol. The Balaban J connectivity index is 0.00000102. The number of hydrogen-bond acceptors (Lipinski definition) is 4. The first-order valence-corrected chi connectivity index (χ1v) is 40.5. The molecule has 0 aromatic heterocycles. The molecule has 10 aliphatic rings. The highest BCUT2D eigenvalue weighted by molar-refractivity contribution is 4.93. The van der Waals surface area contributed by atoms with Crippen molar-refractivity contribution in [3.8, 4) is 0 Å². The SMILES string of the molecule is C.CC(C)(C)C1(C)CCC1.CC(C)(C)C1CC1.CC(C)(C)C1CCCC1.CC(C)(C)C1CCCCC1.CC(C)(C)C1CCCOC1.CC(C)(C)C1CCOC1.CC(C)(C)C1COC1.CC1CC(C(C)(C)C)C1.CC1CCC(C(C)(C)C)CC1.CN1CCC(C(C)(C)C)CC1. The highest BCUT2D eigenvalue weighted by Crippen LogP contribution is 2.53. The van der Waals surface area contributed by atoms with Gasteiger partial charge in [0.05, 0.1) is 13.2 Å². The molecule has 4 aliphatic heterocycles. The molecule has 4 saturated heterocycles. The monoisotopic (exact) mass is 1330 g/mol. The summed E-state index contributed by atoms with van der Waals surface area (Å²) in [7, 11) is 2.22. The maximum atomic E-state index is 5.41. The van der Waals surface area contributed by atoms with Crippen LogP contribution in [0.5, 0.6) is 0 Å². The Bertz CT molecular complexity index is 1750. The molecule has 4 nitrogen and oxygen atoms in total. The molecule has 0 amide bonds. The van der Waals surface area contributed by atoms with Gasteiger partial charge in [0, 0.05) is 32.3 Å². The van der Waals surface area contributed by atoms with E-state index in [0.717, 1.165) is 105 Å². The largest absolute Gasteiger partial charge is 0.381 e. The van der Waals surface area contributed by atoms with Crippen molar-refractivity contribution in [1.82, 2.24) is 4.90 Å². The van der Waals surface area contributed by atoms with Gasteiger partial charge in [0.25, 0.3) is 0 Å². The molecular formula is C90H183NO3. The van der Waals surface area contributed by atoms with Crippen molar-refractivity contribution >= 4 is 0 Å². The molecule has 2 unspecified atom stereocenters. The predicted molar refractivity (Wildman–Crippen MR) is 425 cm³/mol. The molecule has 0 aromatic rings. The Hall–Kier alpha value is -0.160. The zero-order valence-electron chi connectivity index (χ0n) is 70.9. The van der Waals surface area contributed by atoms with Gasteiger partial charge >= 0.3 is 0 Å². The van der Waals surface area contributed by atoms with Crippen LogP contribution >= 0.6 is 0 Å². The van der Waals surface area contributed by atoms with Gasteiger partial charge in [-0.1, -0.05) is 287 Å². The summed E-state index contributed by atoms with van der Waals surface area (Å²) in [5.74, 6) is 10.4. The van der Waals surface area contributed by atoms with Gasteiger partial charge < -0.3 is 19.1 Å². The predicted octanol–water partition coefficient (Wildman–Crippen LogP) is 28.7. The van der Waals surface area contributed by atoms with E-state index in [1.807, 2.05) is 0 Å². The van der Waals surface area contributed by atoms with Crippen LogP contribution in [0.3, 0.4) is 0 Å². The summed E-state index contributed by atoms with van der Waals surface area (Å²) < 4.78 is 15.8. The molecule has 4 heterocycles. The summed E-state index contributed by atoms with van der Waals surface area (Å²) >= 11 is 0. The minimum absolute atomic E-state index is 0. The van der Waals surface area contributed by atoms with Crippen LogP contribution in [0.15, 0.2) is 0 Å². The lowest BCUT2D eigenvalue weighted by atomic mass is 9.56. The van der Waals surface area contributed by atoms with Crippen molar-refractivity contribution in [2.75, 3.05) is 59.8 Å². The summed E-state index contributed by atoms with van der Waals surface area (Å²) in [4.78, 5) is 2.43. The third-order valence-corrected chi connectivity index (χ3v) is 25.7. The van der Waals surface area contributed by atoms with Crippen LogP contribution < -0.4 is 0 Å². The van der Waals surface area contributed by atoms with Crippen LogP contribution in [0, 0.1) is 125 Å². The minimum Gasteiger partial charge on any atom is -0.381 e. The second kappa shape index (κ2) is 41.2. The summed E-state index contributed by atoms with van der Waals surface area (Å²) in [6.45, 7) is 85.7. The topological polar surface area (TPSA) is 30.9 Å². The van der Waals surface area contributed by atoms with Gasteiger partial charge in [-0.15, -0.1) is 0 Å². The molecule has 10 fully saturated rings. The lowest BCUT2D eigenvalue weighted by molar-refractivity contribution is -0.0821. The molecule has 2 atom stereocenters. The van der Waals surface area contributed by atoms with Gasteiger partial charge in [0.2, 0.25) is 0 Å². The Labute approximate surface area is 596 Å². The first-order chi connectivity index (χ1) is 42.1. The smallest absolute Gasteiger partial charge is 0.0521 e. The van der Waals surface area contributed by atoms with Crippen molar-refractivity contribution in [3.05, 3.63) is 0 Å². The summed E-state index contributed by atoms with van der Waals surface area (Å²) in [5.41, 5.74) is 5.98. The van der Waals surface area contributed by atoms with Crippen molar-refractivity contribution in [3.63, 3.8) is 0 Å². The number of piperidine rings is 1. The molecule has 0 radical (unpaired) electrons. The Kier molecular flexibility index (Phi) is 41.1. The molecule has 0 bridgehead atoms. The van der Waals surface area contributed by atoms with E-state index < -0.39 is 0 Å².